The number of carbonyl (C=O) groups excluding carboxylic acids is 2. The number of aryl methyl sites for hydroxylation is 2. The fourth-order valence-corrected chi connectivity index (χ4v) is 4.40. The first-order valence-corrected chi connectivity index (χ1v) is 11.7. The van der Waals surface area contributed by atoms with Crippen LogP contribution in [-0.2, 0) is 4.79 Å². The maximum absolute atomic E-state index is 13.6. The Bertz CT molecular complexity index is 1390. The number of hydrazone groups is 1. The summed E-state index contributed by atoms with van der Waals surface area (Å²) in [6.07, 6.45) is 0.509. The highest BCUT2D eigenvalue weighted by Crippen LogP contribution is 2.39. The summed E-state index contributed by atoms with van der Waals surface area (Å²) in [5.74, 6) is -0.0160. The normalized spacial score (nSPS) is 16.2. The number of benzene rings is 3. The first-order valence-electron chi connectivity index (χ1n) is 11.7. The van der Waals surface area contributed by atoms with Gasteiger partial charge in [0.1, 0.15) is 12.4 Å². The topological polar surface area (TPSA) is 71.4 Å². The Labute approximate surface area is 208 Å². The second-order valence-corrected chi connectivity index (χ2v) is 9.09. The minimum absolute atomic E-state index is 0.156. The van der Waals surface area contributed by atoms with E-state index in [9.17, 15) is 14.0 Å². The summed E-state index contributed by atoms with van der Waals surface area (Å²) in [7, 11) is 1.52. The standard InChI is InChI=1S/C28H26FN3O4/c1-17-7-8-19(11-18(17)2)23-14-24(20-9-10-25-26(13-20)36-16-35-25)32(30-23)27(33)15-31(3)28(34)21-5-4-6-22(29)12-21/h4-13,24H,14-16H2,1-3H3. The van der Waals surface area contributed by atoms with Crippen LogP contribution >= 0.6 is 0 Å². The number of hydrogen-bond donors (Lipinski definition) is 0. The monoisotopic (exact) mass is 487 g/mol. The van der Waals surface area contributed by atoms with E-state index in [1.165, 1.54) is 40.7 Å². The van der Waals surface area contributed by atoms with Crippen molar-refractivity contribution >= 4 is 17.5 Å². The van der Waals surface area contributed by atoms with Gasteiger partial charge >= 0.3 is 0 Å². The molecular formula is C28H26FN3O4. The number of rotatable bonds is 5. The van der Waals surface area contributed by atoms with E-state index in [-0.39, 0.29) is 30.9 Å². The van der Waals surface area contributed by atoms with Crippen LogP contribution in [0.4, 0.5) is 4.39 Å². The molecular weight excluding hydrogens is 461 g/mol. The first-order chi connectivity index (χ1) is 17.3. The van der Waals surface area contributed by atoms with Crippen LogP contribution in [0.5, 0.6) is 11.5 Å². The highest BCUT2D eigenvalue weighted by atomic mass is 19.1. The molecule has 5 rings (SSSR count). The molecule has 2 amide bonds. The molecule has 1 unspecified atom stereocenters. The van der Waals surface area contributed by atoms with Gasteiger partial charge in [-0.15, -0.1) is 0 Å². The molecule has 0 saturated carbocycles. The molecule has 0 radical (unpaired) electrons. The molecule has 0 fully saturated rings. The molecule has 8 heteroatoms. The van der Waals surface area contributed by atoms with Crippen LogP contribution in [0.15, 0.2) is 65.8 Å². The van der Waals surface area contributed by atoms with Crippen LogP contribution in [0.25, 0.3) is 0 Å². The molecule has 0 spiro atoms. The number of hydrogen-bond acceptors (Lipinski definition) is 5. The Morgan fingerprint density at radius 1 is 1.03 bits per heavy atom. The van der Waals surface area contributed by atoms with Crippen LogP contribution in [0.3, 0.4) is 0 Å². The average molecular weight is 488 g/mol. The van der Waals surface area contributed by atoms with E-state index in [4.69, 9.17) is 14.6 Å². The van der Waals surface area contributed by atoms with Crippen LogP contribution in [0, 0.1) is 19.7 Å². The summed E-state index contributed by atoms with van der Waals surface area (Å²) < 4.78 is 24.6. The average Bonchev–Trinajstić information content (AvgIpc) is 3.52. The van der Waals surface area contributed by atoms with Crippen molar-refractivity contribution in [2.75, 3.05) is 20.4 Å². The zero-order valence-corrected chi connectivity index (χ0v) is 20.3. The summed E-state index contributed by atoms with van der Waals surface area (Å²) in [5, 5.41) is 6.15. The summed E-state index contributed by atoms with van der Waals surface area (Å²) in [4.78, 5) is 27.5. The smallest absolute Gasteiger partial charge is 0.262 e. The molecule has 0 saturated heterocycles. The van der Waals surface area contributed by atoms with E-state index in [1.54, 1.807) is 0 Å². The predicted octanol–water partition coefficient (Wildman–Crippen LogP) is 4.62. The maximum Gasteiger partial charge on any atom is 0.262 e. The second-order valence-electron chi connectivity index (χ2n) is 9.09. The second kappa shape index (κ2) is 9.45. The van der Waals surface area contributed by atoms with Gasteiger partial charge in [-0.05, 0) is 72.5 Å². The lowest BCUT2D eigenvalue weighted by Crippen LogP contribution is -2.39. The minimum atomic E-state index is -0.509. The van der Waals surface area contributed by atoms with Crippen molar-refractivity contribution in [3.63, 3.8) is 0 Å². The van der Waals surface area contributed by atoms with Gasteiger partial charge in [-0.1, -0.05) is 24.3 Å². The van der Waals surface area contributed by atoms with Crippen LogP contribution in [0.2, 0.25) is 0 Å². The molecule has 0 N–H and O–H groups in total. The molecule has 1 atom stereocenters. The van der Waals surface area contributed by atoms with Gasteiger partial charge in [-0.3, -0.25) is 9.59 Å². The van der Waals surface area contributed by atoms with Crippen LogP contribution < -0.4 is 9.47 Å². The van der Waals surface area contributed by atoms with Gasteiger partial charge in [-0.25, -0.2) is 9.40 Å². The lowest BCUT2D eigenvalue weighted by Gasteiger charge is -2.25. The summed E-state index contributed by atoms with van der Waals surface area (Å²) in [6, 6.07) is 16.8. The molecule has 184 valence electrons. The first kappa shape index (κ1) is 23.5. The predicted molar refractivity (Wildman–Crippen MR) is 133 cm³/mol. The largest absolute Gasteiger partial charge is 0.454 e. The summed E-state index contributed by atoms with van der Waals surface area (Å²) in [5.41, 5.74) is 5.08. The van der Waals surface area contributed by atoms with E-state index in [0.717, 1.165) is 28.5 Å². The van der Waals surface area contributed by atoms with Crippen molar-refractivity contribution in [3.8, 4) is 11.5 Å². The van der Waals surface area contributed by atoms with Crippen molar-refractivity contribution in [1.82, 2.24) is 9.91 Å². The number of fused-ring (bicyclic) bond motifs is 1. The number of carbonyl (C=O) groups is 2. The molecule has 0 bridgehead atoms. The molecule has 0 aliphatic carbocycles. The minimum Gasteiger partial charge on any atom is -0.454 e. The van der Waals surface area contributed by atoms with Crippen LogP contribution in [0.1, 0.15) is 45.1 Å². The van der Waals surface area contributed by atoms with Gasteiger partial charge in [0.25, 0.3) is 11.8 Å². The number of ether oxygens (including phenoxy) is 2. The van der Waals surface area contributed by atoms with Gasteiger partial charge < -0.3 is 14.4 Å². The zero-order chi connectivity index (χ0) is 25.4. The third kappa shape index (κ3) is 4.54. The fraction of sp³-hybridized carbons (Fsp3) is 0.250. The van der Waals surface area contributed by atoms with Gasteiger partial charge in [0.15, 0.2) is 11.5 Å². The van der Waals surface area contributed by atoms with Crippen molar-refractivity contribution in [2.45, 2.75) is 26.3 Å². The summed E-state index contributed by atoms with van der Waals surface area (Å²) in [6.45, 7) is 4.04. The number of amides is 2. The van der Waals surface area contributed by atoms with E-state index in [2.05, 4.69) is 6.07 Å². The number of nitrogens with zero attached hydrogens (tertiary/aromatic N) is 3. The molecule has 2 aliphatic rings. The van der Waals surface area contributed by atoms with Gasteiger partial charge in [-0.2, -0.15) is 5.10 Å². The Morgan fingerprint density at radius 3 is 2.61 bits per heavy atom. The van der Waals surface area contributed by atoms with Crippen molar-refractivity contribution in [3.05, 3.63) is 94.3 Å². The lowest BCUT2D eigenvalue weighted by atomic mass is 9.96. The third-order valence-electron chi connectivity index (χ3n) is 6.58. The summed E-state index contributed by atoms with van der Waals surface area (Å²) >= 11 is 0. The Kier molecular flexibility index (Phi) is 6.18. The molecule has 0 aromatic heterocycles. The Morgan fingerprint density at radius 2 is 1.83 bits per heavy atom. The lowest BCUT2D eigenvalue weighted by molar-refractivity contribution is -0.133. The van der Waals surface area contributed by atoms with Crippen LogP contribution in [-0.4, -0.2) is 47.8 Å². The molecule has 2 heterocycles. The van der Waals surface area contributed by atoms with Crippen molar-refractivity contribution < 1.29 is 23.5 Å². The highest BCUT2D eigenvalue weighted by Gasteiger charge is 2.35. The van der Waals surface area contributed by atoms with E-state index in [0.29, 0.717) is 17.9 Å². The molecule has 36 heavy (non-hydrogen) atoms. The van der Waals surface area contributed by atoms with Crippen molar-refractivity contribution in [1.29, 1.82) is 0 Å². The van der Waals surface area contributed by atoms with E-state index in [1.807, 2.05) is 44.2 Å². The number of likely N-dealkylation sites (N-methyl/N-ethyl adjacent to an activating group) is 1. The molecule has 3 aromatic rings. The van der Waals surface area contributed by atoms with E-state index < -0.39 is 11.7 Å². The van der Waals surface area contributed by atoms with Gasteiger partial charge in [0.05, 0.1) is 11.8 Å². The third-order valence-corrected chi connectivity index (χ3v) is 6.58. The molecule has 3 aromatic carbocycles. The van der Waals surface area contributed by atoms with Gasteiger partial charge in [0, 0.05) is 19.0 Å². The van der Waals surface area contributed by atoms with Crippen molar-refractivity contribution in [2.24, 2.45) is 5.10 Å². The highest BCUT2D eigenvalue weighted by molar-refractivity contribution is 6.04. The molecule has 2 aliphatic heterocycles. The van der Waals surface area contributed by atoms with E-state index >= 15 is 0 Å². The Balaban J connectivity index is 1.43. The number of halogens is 1. The molecule has 7 nitrogen and oxygen atoms in total. The fourth-order valence-electron chi connectivity index (χ4n) is 4.40. The zero-order valence-electron chi connectivity index (χ0n) is 20.3. The Hall–Kier alpha value is -4.20. The van der Waals surface area contributed by atoms with Gasteiger partial charge in [0.2, 0.25) is 6.79 Å². The SMILES string of the molecule is Cc1ccc(C2=NN(C(=O)CN(C)C(=O)c3cccc(F)c3)C(c3ccc4c(c3)OCO4)C2)cc1C. The quantitative estimate of drug-likeness (QED) is 0.527. The maximum atomic E-state index is 13.6.